The van der Waals surface area contributed by atoms with Gasteiger partial charge in [-0.2, -0.15) is 4.98 Å². The molecule has 3 N–H and O–H groups in total. The minimum Gasteiger partial charge on any atom is -0.369 e. The van der Waals surface area contributed by atoms with Gasteiger partial charge in [0.1, 0.15) is 0 Å². The molecule has 2 aromatic heterocycles. The van der Waals surface area contributed by atoms with E-state index in [-0.39, 0.29) is 22.7 Å². The van der Waals surface area contributed by atoms with E-state index in [2.05, 4.69) is 27.1 Å². The second-order valence-electron chi connectivity index (χ2n) is 4.13. The van der Waals surface area contributed by atoms with Crippen molar-refractivity contribution >= 4 is 17.1 Å². The molecule has 0 aliphatic carbocycles. The topological polar surface area (TPSA) is 102 Å². The van der Waals surface area contributed by atoms with Gasteiger partial charge in [0.25, 0.3) is 5.56 Å². The van der Waals surface area contributed by atoms with Crippen LogP contribution in [0, 0.1) is 0 Å². The molecule has 0 bridgehead atoms. The average Bonchev–Trinajstić information content (AvgIpc) is 2.83. The molecule has 0 saturated heterocycles. The number of H-pyrrole nitrogens is 1. The lowest BCUT2D eigenvalue weighted by Gasteiger charge is -2.00. The van der Waals surface area contributed by atoms with Crippen LogP contribution in [-0.4, -0.2) is 25.0 Å². The van der Waals surface area contributed by atoms with Crippen molar-refractivity contribution in [2.45, 2.75) is 13.3 Å². The molecule has 0 atom stereocenters. The van der Waals surface area contributed by atoms with Gasteiger partial charge in [-0.15, -0.1) is 15.0 Å². The van der Waals surface area contributed by atoms with Gasteiger partial charge in [0, 0.05) is 0 Å². The number of benzene rings is 1. The van der Waals surface area contributed by atoms with Crippen molar-refractivity contribution in [1.82, 2.24) is 25.0 Å². The van der Waals surface area contributed by atoms with Crippen LogP contribution in [0.15, 0.2) is 29.1 Å². The van der Waals surface area contributed by atoms with Gasteiger partial charge in [-0.25, -0.2) is 0 Å². The lowest BCUT2D eigenvalue weighted by atomic mass is 10.2. The Labute approximate surface area is 108 Å². The number of nitrogen functional groups attached to an aromatic ring is 1. The van der Waals surface area contributed by atoms with Crippen molar-refractivity contribution in [3.05, 3.63) is 40.2 Å². The summed E-state index contributed by atoms with van der Waals surface area (Å²) in [6.07, 6.45) is 0.965. The van der Waals surface area contributed by atoms with Crippen LogP contribution < -0.4 is 11.3 Å². The van der Waals surface area contributed by atoms with E-state index in [1.807, 2.05) is 24.3 Å². The van der Waals surface area contributed by atoms with E-state index in [4.69, 9.17) is 5.73 Å². The molecule has 0 saturated carbocycles. The average molecular weight is 256 g/mol. The summed E-state index contributed by atoms with van der Waals surface area (Å²) in [4.78, 5) is 19.4. The predicted molar refractivity (Wildman–Crippen MR) is 71.1 cm³/mol. The molecule has 7 heteroatoms. The molecule has 0 unspecified atom stereocenters. The van der Waals surface area contributed by atoms with Gasteiger partial charge in [0.2, 0.25) is 11.6 Å². The summed E-state index contributed by atoms with van der Waals surface area (Å²) in [6.45, 7) is 2.09. The molecular weight excluding hydrogens is 244 g/mol. The molecule has 7 nitrogen and oxygen atoms in total. The Morgan fingerprint density at radius 1 is 1.26 bits per heavy atom. The number of nitrogens with two attached hydrogens (primary N) is 1. The summed E-state index contributed by atoms with van der Waals surface area (Å²) >= 11 is 0. The Kier molecular flexibility index (Phi) is 2.52. The highest BCUT2D eigenvalue weighted by Crippen LogP contribution is 2.10. The molecule has 0 amide bonds. The highest BCUT2D eigenvalue weighted by atomic mass is 16.1. The molecule has 0 aliphatic rings. The molecule has 0 fully saturated rings. The van der Waals surface area contributed by atoms with E-state index in [1.165, 1.54) is 10.4 Å². The summed E-state index contributed by atoms with van der Waals surface area (Å²) in [7, 11) is 0. The van der Waals surface area contributed by atoms with Gasteiger partial charge in [-0.1, -0.05) is 19.1 Å². The maximum Gasteiger partial charge on any atom is 0.282 e. The summed E-state index contributed by atoms with van der Waals surface area (Å²) in [6, 6.07) is 7.79. The highest BCUT2D eigenvalue weighted by molar-refractivity contribution is 5.68. The van der Waals surface area contributed by atoms with Crippen LogP contribution in [0.25, 0.3) is 16.9 Å². The number of fused-ring (bicyclic) bond motifs is 1. The first-order valence-corrected chi connectivity index (χ1v) is 5.89. The van der Waals surface area contributed by atoms with Crippen LogP contribution in [0.5, 0.6) is 0 Å². The minimum absolute atomic E-state index is 0.0332. The fraction of sp³-hybridized carbons (Fsp3) is 0.167. The third-order valence-corrected chi connectivity index (χ3v) is 2.85. The van der Waals surface area contributed by atoms with Gasteiger partial charge >= 0.3 is 0 Å². The second kappa shape index (κ2) is 4.20. The maximum atomic E-state index is 11.7. The van der Waals surface area contributed by atoms with Crippen molar-refractivity contribution in [1.29, 1.82) is 0 Å². The number of hydrogen-bond donors (Lipinski definition) is 2. The second-order valence-corrected chi connectivity index (χ2v) is 4.13. The number of aryl methyl sites for hydroxylation is 1. The van der Waals surface area contributed by atoms with E-state index in [0.29, 0.717) is 0 Å². The Bertz CT molecular complexity index is 786. The minimum atomic E-state index is -0.390. The maximum absolute atomic E-state index is 11.7. The molecule has 96 valence electrons. The molecule has 0 spiro atoms. The van der Waals surface area contributed by atoms with Crippen LogP contribution in [-0.2, 0) is 6.42 Å². The molecule has 3 rings (SSSR count). The van der Waals surface area contributed by atoms with Gasteiger partial charge in [-0.3, -0.25) is 9.78 Å². The van der Waals surface area contributed by atoms with Crippen LogP contribution in [0.3, 0.4) is 0 Å². The molecule has 3 aromatic rings. The normalized spacial score (nSPS) is 11.0. The number of aromatic nitrogens is 5. The SMILES string of the molecule is CCc1ccc(-n2nc3nc(N)[nH]c(=O)c3n2)cc1. The van der Waals surface area contributed by atoms with E-state index in [9.17, 15) is 4.79 Å². The van der Waals surface area contributed by atoms with Crippen molar-refractivity contribution in [2.24, 2.45) is 0 Å². The van der Waals surface area contributed by atoms with Crippen LogP contribution in [0.1, 0.15) is 12.5 Å². The van der Waals surface area contributed by atoms with Crippen LogP contribution >= 0.6 is 0 Å². The summed E-state index contributed by atoms with van der Waals surface area (Å²) in [5, 5.41) is 8.28. The van der Waals surface area contributed by atoms with Gasteiger partial charge in [-0.05, 0) is 24.1 Å². The monoisotopic (exact) mass is 256 g/mol. The largest absolute Gasteiger partial charge is 0.369 e. The fourth-order valence-corrected chi connectivity index (χ4v) is 1.82. The smallest absolute Gasteiger partial charge is 0.282 e. The Morgan fingerprint density at radius 3 is 2.68 bits per heavy atom. The molecule has 1 aromatic carbocycles. The van der Waals surface area contributed by atoms with Gasteiger partial charge < -0.3 is 5.73 Å². The molecule has 2 heterocycles. The zero-order valence-corrected chi connectivity index (χ0v) is 10.3. The van der Waals surface area contributed by atoms with E-state index in [1.54, 1.807) is 0 Å². The van der Waals surface area contributed by atoms with E-state index < -0.39 is 0 Å². The number of aromatic amines is 1. The van der Waals surface area contributed by atoms with Crippen molar-refractivity contribution in [2.75, 3.05) is 5.73 Å². The number of rotatable bonds is 2. The van der Waals surface area contributed by atoms with E-state index in [0.717, 1.165) is 12.1 Å². The third-order valence-electron chi connectivity index (χ3n) is 2.85. The standard InChI is InChI=1S/C12H12N6O/c1-2-7-3-5-8(6-4-7)18-16-9-10(17-18)14-12(13)15-11(9)19/h3-6H,2H2,1H3,(H3,13,14,15,17,19). The number of anilines is 1. The van der Waals surface area contributed by atoms with Gasteiger partial charge in [0.05, 0.1) is 5.69 Å². The van der Waals surface area contributed by atoms with Crippen LogP contribution in [0.2, 0.25) is 0 Å². The first-order valence-electron chi connectivity index (χ1n) is 5.89. The Morgan fingerprint density at radius 2 is 2.00 bits per heavy atom. The zero-order chi connectivity index (χ0) is 13.4. The third kappa shape index (κ3) is 1.95. The first kappa shape index (κ1) is 11.4. The zero-order valence-electron chi connectivity index (χ0n) is 10.3. The summed E-state index contributed by atoms with van der Waals surface area (Å²) in [5.41, 5.74) is 7.48. The quantitative estimate of drug-likeness (QED) is 0.700. The lowest BCUT2D eigenvalue weighted by Crippen LogP contribution is -2.11. The Balaban J connectivity index is 2.14. The highest BCUT2D eigenvalue weighted by Gasteiger charge is 2.10. The molecular formula is C12H12N6O. The predicted octanol–water partition coefficient (Wildman–Crippen LogP) is 0.648. The molecule has 0 radical (unpaired) electrons. The summed E-state index contributed by atoms with van der Waals surface area (Å²) < 4.78 is 0. The van der Waals surface area contributed by atoms with Gasteiger partial charge in [0.15, 0.2) is 5.52 Å². The van der Waals surface area contributed by atoms with Crippen LogP contribution in [0.4, 0.5) is 5.95 Å². The van der Waals surface area contributed by atoms with Crippen molar-refractivity contribution < 1.29 is 0 Å². The number of hydrogen-bond acceptors (Lipinski definition) is 5. The molecule has 19 heavy (non-hydrogen) atoms. The lowest BCUT2D eigenvalue weighted by molar-refractivity contribution is 0.762. The summed E-state index contributed by atoms with van der Waals surface area (Å²) in [5.74, 6) is 0.0332. The molecule has 0 aliphatic heterocycles. The number of nitrogens with one attached hydrogen (secondary N) is 1. The Hall–Kier alpha value is -2.70. The van der Waals surface area contributed by atoms with E-state index >= 15 is 0 Å². The number of nitrogens with zero attached hydrogens (tertiary/aromatic N) is 4. The first-order chi connectivity index (χ1) is 9.17. The van der Waals surface area contributed by atoms with Crippen molar-refractivity contribution in [3.63, 3.8) is 0 Å². The fourth-order valence-electron chi connectivity index (χ4n) is 1.82. The van der Waals surface area contributed by atoms with Crippen molar-refractivity contribution in [3.8, 4) is 5.69 Å².